The molecule has 4 heterocycles. The number of imidazole rings is 2. The molecule has 2 saturated heterocycles. The summed E-state index contributed by atoms with van der Waals surface area (Å²) in [6, 6.07) is 13.4. The first-order valence-electron chi connectivity index (χ1n) is 19.6. The van der Waals surface area contributed by atoms with Gasteiger partial charge in [0, 0.05) is 17.6 Å². The minimum absolute atomic E-state index is 0.0198. The molecule has 2 unspecified atom stereocenters. The normalized spacial score (nSPS) is 22.3. The average Bonchev–Trinajstić information content (AvgIpc) is 3.61. The fourth-order valence-electron chi connectivity index (χ4n) is 8.39. The Morgan fingerprint density at radius 3 is 1.84 bits per heavy atom. The molecule has 0 radical (unpaired) electrons. The molecular formula is C42H51FN8O6. The second-order valence-electron chi connectivity index (χ2n) is 16.1. The van der Waals surface area contributed by atoms with Crippen molar-refractivity contribution in [2.24, 2.45) is 17.8 Å². The standard InChI is InChI=1S/C42H51FN8O6/c1-21(2)33(47-41(54)56-6)39(52)50-23(5)8-17-30(50)37-44-20-29(45-37)26-13-9-24(10-14-26)25-11-15-27(16-12-25)35-36(43)49-38(46-35)32-19-28-18-31(28)51(32)40(53)34(22(3)4)48-42(55)57-7/h9-16,20-23,28,30-34H,8,17-19H2,1-7H3,(H,44,45)(H,46,49)(H,47,54)(H,48,55)/t23-,28?,30+,31?,32+,33+,34+/m1/s1. The van der Waals surface area contributed by atoms with Crippen LogP contribution in [-0.4, -0.2) is 92.1 Å². The molecule has 4 aromatic rings. The maximum Gasteiger partial charge on any atom is 0.407 e. The van der Waals surface area contributed by atoms with E-state index in [0.717, 1.165) is 41.6 Å². The highest BCUT2D eigenvalue weighted by Gasteiger charge is 2.56. The molecule has 1 aliphatic carbocycles. The molecule has 4 amide bonds. The molecule has 7 rings (SSSR count). The van der Waals surface area contributed by atoms with Gasteiger partial charge in [-0.3, -0.25) is 9.59 Å². The molecule has 302 valence electrons. The van der Waals surface area contributed by atoms with Crippen LogP contribution in [0.25, 0.3) is 33.6 Å². The van der Waals surface area contributed by atoms with Crippen molar-refractivity contribution in [3.63, 3.8) is 0 Å². The Kier molecular flexibility index (Phi) is 11.1. The van der Waals surface area contributed by atoms with Gasteiger partial charge in [-0.2, -0.15) is 4.39 Å². The second kappa shape index (κ2) is 16.0. The molecule has 2 aromatic carbocycles. The SMILES string of the molecule is COC(=O)N[C@H](C(=O)N1C2CC2C[C@H]1c1nc(-c2ccc(-c3ccc(-c4cnc([C@@H]5CC[C@@H](C)N5C(=O)[C@@H](NC(=O)OC)C(C)C)[nH]4)cc3)cc2)c(F)[nH]1)C(C)C. The van der Waals surface area contributed by atoms with E-state index in [1.807, 2.05) is 88.0 Å². The lowest BCUT2D eigenvalue weighted by Crippen LogP contribution is -2.52. The minimum atomic E-state index is -0.775. The van der Waals surface area contributed by atoms with E-state index in [4.69, 9.17) is 9.47 Å². The van der Waals surface area contributed by atoms with Crippen LogP contribution in [0.5, 0.6) is 0 Å². The molecule has 14 nitrogen and oxygen atoms in total. The molecule has 2 aromatic heterocycles. The van der Waals surface area contributed by atoms with Crippen LogP contribution in [0.15, 0.2) is 54.7 Å². The van der Waals surface area contributed by atoms with Crippen molar-refractivity contribution in [3.05, 3.63) is 72.3 Å². The molecular weight excluding hydrogens is 732 g/mol. The molecule has 3 fully saturated rings. The van der Waals surface area contributed by atoms with Gasteiger partial charge in [-0.15, -0.1) is 0 Å². The predicted molar refractivity (Wildman–Crippen MR) is 210 cm³/mol. The Morgan fingerprint density at radius 2 is 1.28 bits per heavy atom. The van der Waals surface area contributed by atoms with Crippen molar-refractivity contribution in [3.8, 4) is 33.6 Å². The highest BCUT2D eigenvalue weighted by molar-refractivity contribution is 5.88. The summed E-state index contributed by atoms with van der Waals surface area (Å²) in [6.45, 7) is 9.52. The largest absolute Gasteiger partial charge is 0.453 e. The number of benzene rings is 2. The quantitative estimate of drug-likeness (QED) is 0.129. The Morgan fingerprint density at radius 1 is 0.737 bits per heavy atom. The molecule has 7 atom stereocenters. The third-order valence-electron chi connectivity index (χ3n) is 11.7. The number of halogens is 1. The van der Waals surface area contributed by atoms with E-state index >= 15 is 4.39 Å². The number of alkyl carbamates (subject to hydrolysis) is 2. The monoisotopic (exact) mass is 782 g/mol. The first-order chi connectivity index (χ1) is 27.3. The molecule has 4 N–H and O–H groups in total. The maximum atomic E-state index is 15.5. The van der Waals surface area contributed by atoms with Crippen molar-refractivity contribution >= 4 is 24.0 Å². The number of piperidine rings is 1. The zero-order chi connectivity index (χ0) is 40.7. The van der Waals surface area contributed by atoms with E-state index in [0.29, 0.717) is 29.6 Å². The van der Waals surface area contributed by atoms with Crippen LogP contribution in [0, 0.1) is 23.7 Å². The fourth-order valence-corrected chi connectivity index (χ4v) is 8.39. The van der Waals surface area contributed by atoms with Gasteiger partial charge in [-0.25, -0.2) is 19.6 Å². The summed E-state index contributed by atoms with van der Waals surface area (Å²) >= 11 is 0. The Hall–Kier alpha value is -5.73. The number of aromatic amines is 2. The zero-order valence-corrected chi connectivity index (χ0v) is 33.3. The van der Waals surface area contributed by atoms with Crippen molar-refractivity contribution in [2.75, 3.05) is 14.2 Å². The fraction of sp³-hybridized carbons (Fsp3) is 0.476. The summed E-state index contributed by atoms with van der Waals surface area (Å²) in [5.41, 5.74) is 4.42. The minimum Gasteiger partial charge on any atom is -0.453 e. The number of aromatic nitrogens is 4. The first kappa shape index (κ1) is 39.5. The summed E-state index contributed by atoms with van der Waals surface area (Å²) < 4.78 is 25.0. The Bertz CT molecular complexity index is 2110. The topological polar surface area (TPSA) is 175 Å². The number of rotatable bonds is 11. The predicted octanol–water partition coefficient (Wildman–Crippen LogP) is 6.75. The number of carbonyl (C=O) groups excluding carboxylic acids is 4. The third kappa shape index (κ3) is 7.83. The number of nitrogens with one attached hydrogen (secondary N) is 4. The van der Waals surface area contributed by atoms with Gasteiger partial charge >= 0.3 is 12.2 Å². The van der Waals surface area contributed by atoms with Crippen molar-refractivity contribution < 1.29 is 33.0 Å². The number of nitrogens with zero attached hydrogens (tertiary/aromatic N) is 4. The Balaban J connectivity index is 1.03. The number of carbonyl (C=O) groups is 4. The molecule has 0 bridgehead atoms. The Labute approximate surface area is 331 Å². The number of fused-ring (bicyclic) bond motifs is 1. The van der Waals surface area contributed by atoms with E-state index in [1.54, 1.807) is 11.1 Å². The number of amides is 4. The molecule has 3 aliphatic rings. The maximum absolute atomic E-state index is 15.5. The summed E-state index contributed by atoms with van der Waals surface area (Å²) in [5, 5.41) is 5.37. The number of ether oxygens (including phenoxy) is 2. The first-order valence-corrected chi connectivity index (χ1v) is 19.6. The van der Waals surface area contributed by atoms with Crippen LogP contribution in [0.4, 0.5) is 14.0 Å². The zero-order valence-electron chi connectivity index (χ0n) is 33.3. The lowest BCUT2D eigenvalue weighted by atomic mass is 10.0. The number of hydrogen-bond donors (Lipinski definition) is 4. The summed E-state index contributed by atoms with van der Waals surface area (Å²) in [7, 11) is 2.54. The highest BCUT2D eigenvalue weighted by Crippen LogP contribution is 2.53. The van der Waals surface area contributed by atoms with Gasteiger partial charge < -0.3 is 39.9 Å². The number of likely N-dealkylation sites (tertiary alicyclic amines) is 2. The summed E-state index contributed by atoms with van der Waals surface area (Å²) in [6.07, 6.45) is 3.57. The van der Waals surface area contributed by atoms with E-state index in [2.05, 4.69) is 30.6 Å². The number of methoxy groups -OCH3 is 2. The van der Waals surface area contributed by atoms with Crippen LogP contribution in [0.2, 0.25) is 0 Å². The van der Waals surface area contributed by atoms with Crippen LogP contribution in [-0.2, 0) is 19.1 Å². The van der Waals surface area contributed by atoms with E-state index < -0.39 is 36.3 Å². The molecule has 1 saturated carbocycles. The van der Waals surface area contributed by atoms with Crippen molar-refractivity contribution in [1.29, 1.82) is 0 Å². The average molecular weight is 783 g/mol. The van der Waals surface area contributed by atoms with Gasteiger partial charge in [0.1, 0.15) is 29.4 Å². The van der Waals surface area contributed by atoms with Crippen LogP contribution < -0.4 is 10.6 Å². The smallest absolute Gasteiger partial charge is 0.407 e. The van der Waals surface area contributed by atoms with E-state index in [-0.39, 0.29) is 47.5 Å². The van der Waals surface area contributed by atoms with Gasteiger partial charge in [-0.05, 0) is 67.1 Å². The summed E-state index contributed by atoms with van der Waals surface area (Å²) in [4.78, 5) is 70.7. The lowest BCUT2D eigenvalue weighted by molar-refractivity contribution is -0.137. The van der Waals surface area contributed by atoms with Gasteiger partial charge in [0.15, 0.2) is 0 Å². The molecule has 2 aliphatic heterocycles. The highest BCUT2D eigenvalue weighted by atomic mass is 19.1. The van der Waals surface area contributed by atoms with Gasteiger partial charge in [0.2, 0.25) is 17.8 Å². The number of hydrogen-bond acceptors (Lipinski definition) is 8. The van der Waals surface area contributed by atoms with Crippen LogP contribution in [0.1, 0.15) is 84.0 Å². The van der Waals surface area contributed by atoms with Crippen molar-refractivity contribution in [1.82, 2.24) is 40.4 Å². The lowest BCUT2D eigenvalue weighted by Gasteiger charge is -2.32. The molecule has 57 heavy (non-hydrogen) atoms. The van der Waals surface area contributed by atoms with Crippen LogP contribution >= 0.6 is 0 Å². The molecule has 15 heteroatoms. The second-order valence-corrected chi connectivity index (χ2v) is 16.1. The van der Waals surface area contributed by atoms with Gasteiger partial charge in [0.05, 0.1) is 38.2 Å². The molecule has 0 spiro atoms. The van der Waals surface area contributed by atoms with E-state index in [9.17, 15) is 19.2 Å². The van der Waals surface area contributed by atoms with E-state index in [1.165, 1.54) is 14.2 Å². The van der Waals surface area contributed by atoms with Gasteiger partial charge in [0.25, 0.3) is 0 Å². The third-order valence-corrected chi connectivity index (χ3v) is 11.7. The van der Waals surface area contributed by atoms with Crippen LogP contribution in [0.3, 0.4) is 0 Å². The van der Waals surface area contributed by atoms with Crippen molar-refractivity contribution in [2.45, 2.75) is 96.6 Å². The van der Waals surface area contributed by atoms with Gasteiger partial charge in [-0.1, -0.05) is 76.2 Å². The summed E-state index contributed by atoms with van der Waals surface area (Å²) in [5.74, 6) is 0.138. The number of H-pyrrole nitrogens is 2.